The lowest BCUT2D eigenvalue weighted by Gasteiger charge is -2.36. The molecule has 1 aliphatic heterocycles. The molecule has 0 aliphatic carbocycles. The second-order valence-corrected chi connectivity index (χ2v) is 7.71. The number of rotatable bonds is 4. The molecule has 128 valence electrons. The molecule has 24 heavy (non-hydrogen) atoms. The Morgan fingerprint density at radius 1 is 1.50 bits per heavy atom. The fraction of sp³-hybridized carbons (Fsp3) is 0.500. The van der Waals surface area contributed by atoms with Crippen LogP contribution < -0.4 is 5.32 Å². The Hall–Kier alpha value is -1.79. The zero-order valence-corrected chi connectivity index (χ0v) is 15.3. The van der Waals surface area contributed by atoms with Gasteiger partial charge in [-0.05, 0) is 24.5 Å². The number of piperazine rings is 1. The van der Waals surface area contributed by atoms with Crippen LogP contribution in [0.25, 0.3) is 0 Å². The first-order chi connectivity index (χ1) is 11.6. The van der Waals surface area contributed by atoms with Crippen LogP contribution in [0.3, 0.4) is 0 Å². The van der Waals surface area contributed by atoms with Crippen molar-refractivity contribution in [3.05, 3.63) is 45.7 Å². The van der Waals surface area contributed by atoms with Crippen LogP contribution in [-0.4, -0.2) is 40.4 Å². The summed E-state index contributed by atoms with van der Waals surface area (Å²) in [6.45, 7) is 8.57. The molecule has 1 N–H and O–H groups in total. The van der Waals surface area contributed by atoms with E-state index in [1.165, 1.54) is 0 Å². The van der Waals surface area contributed by atoms with Gasteiger partial charge in [-0.25, -0.2) is 4.98 Å². The predicted molar refractivity (Wildman–Crippen MR) is 96.3 cm³/mol. The molecule has 2 aromatic heterocycles. The topological polar surface area (TPSA) is 58.1 Å². The number of nitrogens with one attached hydrogen (secondary N) is 1. The van der Waals surface area contributed by atoms with Crippen molar-refractivity contribution in [2.75, 3.05) is 19.6 Å². The average molecular weight is 344 g/mol. The van der Waals surface area contributed by atoms with Gasteiger partial charge in [-0.2, -0.15) is 0 Å². The molecule has 1 unspecified atom stereocenters. The van der Waals surface area contributed by atoms with E-state index in [9.17, 15) is 4.79 Å². The van der Waals surface area contributed by atoms with Crippen molar-refractivity contribution in [3.63, 3.8) is 0 Å². The van der Waals surface area contributed by atoms with Crippen LogP contribution in [0.4, 0.5) is 0 Å². The molecule has 1 aliphatic rings. The Balaban J connectivity index is 1.86. The first-order valence-electron chi connectivity index (χ1n) is 8.44. The number of thiazole rings is 1. The van der Waals surface area contributed by atoms with Crippen LogP contribution in [0.5, 0.6) is 0 Å². The highest BCUT2D eigenvalue weighted by molar-refractivity contribution is 7.13. The third-order valence-corrected chi connectivity index (χ3v) is 5.36. The molecule has 5 nitrogen and oxygen atoms in total. The molecule has 6 heteroatoms. The SMILES string of the molecule is Cc1nc(CC(C)C)sc1C(=O)N1CCNCC1c1cccnc1. The Morgan fingerprint density at radius 2 is 2.33 bits per heavy atom. The van der Waals surface area contributed by atoms with E-state index in [2.05, 4.69) is 29.1 Å². The molecular formula is C18H24N4OS. The Morgan fingerprint density at radius 3 is 3.04 bits per heavy atom. The van der Waals surface area contributed by atoms with Crippen LogP contribution >= 0.6 is 11.3 Å². The van der Waals surface area contributed by atoms with E-state index in [0.29, 0.717) is 12.5 Å². The first-order valence-corrected chi connectivity index (χ1v) is 9.26. The van der Waals surface area contributed by atoms with E-state index in [-0.39, 0.29) is 11.9 Å². The van der Waals surface area contributed by atoms with Crippen molar-refractivity contribution >= 4 is 17.2 Å². The maximum absolute atomic E-state index is 13.2. The number of aryl methyl sites for hydroxylation is 1. The number of aromatic nitrogens is 2. The molecule has 0 spiro atoms. The van der Waals surface area contributed by atoms with Gasteiger partial charge < -0.3 is 10.2 Å². The molecular weight excluding hydrogens is 320 g/mol. The lowest BCUT2D eigenvalue weighted by molar-refractivity contribution is 0.0638. The maximum Gasteiger partial charge on any atom is 0.266 e. The molecule has 3 rings (SSSR count). The third-order valence-electron chi connectivity index (χ3n) is 4.19. The van der Waals surface area contributed by atoms with Gasteiger partial charge >= 0.3 is 0 Å². The zero-order chi connectivity index (χ0) is 17.1. The summed E-state index contributed by atoms with van der Waals surface area (Å²) < 4.78 is 0. The monoisotopic (exact) mass is 344 g/mol. The van der Waals surface area contributed by atoms with Gasteiger partial charge in [0.05, 0.1) is 16.7 Å². The molecule has 0 saturated carbocycles. The van der Waals surface area contributed by atoms with Gasteiger partial charge in [-0.1, -0.05) is 19.9 Å². The van der Waals surface area contributed by atoms with Gasteiger partial charge in [-0.3, -0.25) is 9.78 Å². The van der Waals surface area contributed by atoms with Crippen molar-refractivity contribution in [1.29, 1.82) is 0 Å². The normalized spacial score (nSPS) is 18.2. The Bertz CT molecular complexity index is 698. The van der Waals surface area contributed by atoms with Crippen LogP contribution in [0.1, 0.15) is 45.8 Å². The van der Waals surface area contributed by atoms with Gasteiger partial charge in [0, 0.05) is 38.4 Å². The molecule has 1 saturated heterocycles. The lowest BCUT2D eigenvalue weighted by Crippen LogP contribution is -2.48. The first kappa shape index (κ1) is 17.0. The van der Waals surface area contributed by atoms with E-state index < -0.39 is 0 Å². The number of hydrogen-bond acceptors (Lipinski definition) is 5. The van der Waals surface area contributed by atoms with E-state index in [0.717, 1.165) is 40.7 Å². The summed E-state index contributed by atoms with van der Waals surface area (Å²) in [6, 6.07) is 3.98. The fourth-order valence-electron chi connectivity index (χ4n) is 3.04. The number of pyridine rings is 1. The minimum absolute atomic E-state index is 0.0231. The van der Waals surface area contributed by atoms with E-state index in [4.69, 9.17) is 0 Å². The van der Waals surface area contributed by atoms with E-state index in [1.54, 1.807) is 17.5 Å². The minimum Gasteiger partial charge on any atom is -0.328 e. The smallest absolute Gasteiger partial charge is 0.266 e. The zero-order valence-electron chi connectivity index (χ0n) is 14.5. The van der Waals surface area contributed by atoms with Gasteiger partial charge in [0.1, 0.15) is 4.88 Å². The molecule has 0 radical (unpaired) electrons. The summed E-state index contributed by atoms with van der Waals surface area (Å²) in [6.07, 6.45) is 4.53. The highest BCUT2D eigenvalue weighted by Crippen LogP contribution is 2.28. The number of carbonyl (C=O) groups is 1. The summed E-state index contributed by atoms with van der Waals surface area (Å²) in [5.41, 5.74) is 1.92. The third kappa shape index (κ3) is 3.65. The molecule has 1 amide bonds. The van der Waals surface area contributed by atoms with Crippen LogP contribution in [0.15, 0.2) is 24.5 Å². The summed E-state index contributed by atoms with van der Waals surface area (Å²) in [7, 11) is 0. The largest absolute Gasteiger partial charge is 0.328 e. The molecule has 1 atom stereocenters. The predicted octanol–water partition coefficient (Wildman–Crippen LogP) is 2.83. The summed E-state index contributed by atoms with van der Waals surface area (Å²) in [5, 5.41) is 4.44. The maximum atomic E-state index is 13.2. The number of hydrogen-bond donors (Lipinski definition) is 1. The summed E-state index contributed by atoms with van der Waals surface area (Å²) >= 11 is 1.55. The van der Waals surface area contributed by atoms with Crippen LogP contribution in [0, 0.1) is 12.8 Å². The Labute approximate surface area is 147 Å². The molecule has 2 aromatic rings. The molecule has 0 aromatic carbocycles. The van der Waals surface area contributed by atoms with E-state index in [1.807, 2.05) is 30.2 Å². The van der Waals surface area contributed by atoms with Gasteiger partial charge in [0.15, 0.2) is 0 Å². The van der Waals surface area contributed by atoms with Crippen LogP contribution in [-0.2, 0) is 6.42 Å². The second kappa shape index (κ2) is 7.40. The van der Waals surface area contributed by atoms with Gasteiger partial charge in [0.25, 0.3) is 5.91 Å². The summed E-state index contributed by atoms with van der Waals surface area (Å²) in [5.74, 6) is 0.635. The standard InChI is InChI=1S/C18H24N4OS/c1-12(2)9-16-21-13(3)17(24-16)18(23)22-8-7-20-11-15(22)14-5-4-6-19-10-14/h4-6,10,12,15,20H,7-9,11H2,1-3H3. The van der Waals surface area contributed by atoms with Crippen LogP contribution in [0.2, 0.25) is 0 Å². The number of nitrogens with zero attached hydrogens (tertiary/aromatic N) is 3. The number of amides is 1. The number of carbonyl (C=O) groups excluding carboxylic acids is 1. The molecule has 0 bridgehead atoms. The lowest BCUT2D eigenvalue weighted by atomic mass is 10.0. The van der Waals surface area contributed by atoms with Gasteiger partial charge in [-0.15, -0.1) is 11.3 Å². The fourth-order valence-corrected chi connectivity index (χ4v) is 4.27. The van der Waals surface area contributed by atoms with Crippen molar-refractivity contribution in [2.45, 2.75) is 33.2 Å². The van der Waals surface area contributed by atoms with Crippen molar-refractivity contribution in [3.8, 4) is 0 Å². The van der Waals surface area contributed by atoms with Crippen molar-refractivity contribution in [1.82, 2.24) is 20.2 Å². The van der Waals surface area contributed by atoms with Crippen molar-refractivity contribution in [2.24, 2.45) is 5.92 Å². The average Bonchev–Trinajstić information content (AvgIpc) is 2.94. The second-order valence-electron chi connectivity index (χ2n) is 6.62. The van der Waals surface area contributed by atoms with Gasteiger partial charge in [0.2, 0.25) is 0 Å². The summed E-state index contributed by atoms with van der Waals surface area (Å²) in [4.78, 5) is 24.7. The molecule has 1 fully saturated rings. The van der Waals surface area contributed by atoms with E-state index >= 15 is 0 Å². The van der Waals surface area contributed by atoms with Crippen molar-refractivity contribution < 1.29 is 4.79 Å². The Kier molecular flexibility index (Phi) is 5.26. The highest BCUT2D eigenvalue weighted by atomic mass is 32.1. The highest BCUT2D eigenvalue weighted by Gasteiger charge is 2.30. The quantitative estimate of drug-likeness (QED) is 0.926. The minimum atomic E-state index is 0.0231. The molecule has 3 heterocycles.